The Kier molecular flexibility index (Phi) is 6.54. The summed E-state index contributed by atoms with van der Waals surface area (Å²) in [6.45, 7) is 3.43. The molecule has 1 aromatic carbocycles. The highest BCUT2D eigenvalue weighted by atomic mass is 35.5. The monoisotopic (exact) mass is 528 g/mol. The minimum atomic E-state index is -4.77. The first-order chi connectivity index (χ1) is 16.2. The molecule has 1 saturated carbocycles. The normalized spacial score (nSPS) is 21.9. The summed E-state index contributed by atoms with van der Waals surface area (Å²) < 4.78 is 42.5. The lowest BCUT2D eigenvalue weighted by Crippen LogP contribution is -2.35. The highest BCUT2D eigenvalue weighted by Gasteiger charge is 2.56. The minimum Gasteiger partial charge on any atom is -0.406 e. The van der Waals surface area contributed by atoms with Crippen LogP contribution in [0.2, 0.25) is 4.47 Å². The molecule has 12 heteroatoms. The summed E-state index contributed by atoms with van der Waals surface area (Å²) in [6, 6.07) is 5.77. The van der Waals surface area contributed by atoms with Gasteiger partial charge in [-0.3, -0.25) is 9.69 Å². The molecule has 3 aromatic rings. The van der Waals surface area contributed by atoms with Crippen molar-refractivity contribution in [1.82, 2.24) is 19.8 Å². The number of carbonyl (C=O) groups excluding carboxylic acids is 1. The summed E-state index contributed by atoms with van der Waals surface area (Å²) >= 11 is 8.74. The van der Waals surface area contributed by atoms with E-state index in [2.05, 4.69) is 19.6 Å². The number of aromatic nitrogens is 2. The summed E-state index contributed by atoms with van der Waals surface area (Å²) in [5.41, 5.74) is 2.51. The standard InChI is InChI=1S/C22H20ClF3N4O2S2/c23-21-27-5-15(34-21)7-29-8-16-17(9-29)18(16)10-30(20(31)19-11-33-12-28-19)6-13-2-1-3-14(4-13)32-22(24,25)26/h1-5,11-12,16-18H,6-10H2. The highest BCUT2D eigenvalue weighted by Crippen LogP contribution is 2.52. The Bertz CT molecular complexity index is 1150. The fourth-order valence-corrected chi connectivity index (χ4v) is 6.28. The molecule has 34 heavy (non-hydrogen) atoms. The van der Waals surface area contributed by atoms with Crippen LogP contribution < -0.4 is 4.74 Å². The summed E-state index contributed by atoms with van der Waals surface area (Å²) in [7, 11) is 0. The molecular weight excluding hydrogens is 509 g/mol. The number of piperidine rings is 1. The van der Waals surface area contributed by atoms with Crippen molar-refractivity contribution < 1.29 is 22.7 Å². The summed E-state index contributed by atoms with van der Waals surface area (Å²) in [6.07, 6.45) is -2.96. The van der Waals surface area contributed by atoms with Crippen LogP contribution in [-0.2, 0) is 13.1 Å². The summed E-state index contributed by atoms with van der Waals surface area (Å²) in [5.74, 6) is 0.833. The Labute approximate surface area is 206 Å². The van der Waals surface area contributed by atoms with E-state index in [4.69, 9.17) is 11.6 Å². The SMILES string of the molecule is O=C(c1cscn1)N(Cc1cccc(OC(F)(F)F)c1)CC1C2CN(Cc3cnc(Cl)s3)CC21. The van der Waals surface area contributed by atoms with Crippen molar-refractivity contribution in [1.29, 1.82) is 0 Å². The Morgan fingerprint density at radius 2 is 2.06 bits per heavy atom. The number of rotatable bonds is 8. The summed E-state index contributed by atoms with van der Waals surface area (Å²) in [4.78, 5) is 26.6. The van der Waals surface area contributed by atoms with Gasteiger partial charge in [0.15, 0.2) is 4.47 Å². The van der Waals surface area contributed by atoms with E-state index in [9.17, 15) is 18.0 Å². The molecule has 0 radical (unpaired) electrons. The lowest BCUT2D eigenvalue weighted by molar-refractivity contribution is -0.274. The maximum Gasteiger partial charge on any atom is 0.573 e. The van der Waals surface area contributed by atoms with E-state index in [0.717, 1.165) is 24.5 Å². The molecule has 0 bridgehead atoms. The van der Waals surface area contributed by atoms with E-state index in [0.29, 0.717) is 40.0 Å². The molecule has 1 saturated heterocycles. The average Bonchev–Trinajstić information content (AvgIpc) is 3.28. The van der Waals surface area contributed by atoms with E-state index >= 15 is 0 Å². The number of benzene rings is 1. The van der Waals surface area contributed by atoms with Crippen LogP contribution in [0.25, 0.3) is 0 Å². The fraction of sp³-hybridized carbons (Fsp3) is 0.409. The van der Waals surface area contributed by atoms with Crippen molar-refractivity contribution in [2.45, 2.75) is 19.5 Å². The second-order valence-electron chi connectivity index (χ2n) is 8.52. The van der Waals surface area contributed by atoms with Gasteiger partial charge < -0.3 is 9.64 Å². The number of nitrogens with zero attached hydrogens (tertiary/aromatic N) is 4. The second kappa shape index (κ2) is 9.44. The molecule has 2 fully saturated rings. The molecule has 1 aliphatic carbocycles. The van der Waals surface area contributed by atoms with Crippen LogP contribution in [0.15, 0.2) is 41.4 Å². The first kappa shape index (κ1) is 23.5. The van der Waals surface area contributed by atoms with Crippen molar-refractivity contribution in [3.63, 3.8) is 0 Å². The maximum absolute atomic E-state index is 13.1. The Hall–Kier alpha value is -2.21. The summed E-state index contributed by atoms with van der Waals surface area (Å²) in [5, 5.41) is 1.69. The molecule has 5 rings (SSSR count). The predicted molar refractivity (Wildman–Crippen MR) is 123 cm³/mol. The van der Waals surface area contributed by atoms with Gasteiger partial charge in [0.2, 0.25) is 0 Å². The second-order valence-corrected chi connectivity index (χ2v) is 10.9. The van der Waals surface area contributed by atoms with Gasteiger partial charge in [0.1, 0.15) is 11.4 Å². The van der Waals surface area contributed by atoms with Gasteiger partial charge in [-0.15, -0.1) is 35.8 Å². The van der Waals surface area contributed by atoms with Gasteiger partial charge in [0.05, 0.1) is 5.51 Å². The van der Waals surface area contributed by atoms with Gasteiger partial charge in [-0.1, -0.05) is 23.7 Å². The van der Waals surface area contributed by atoms with Gasteiger partial charge in [-0.05, 0) is 35.4 Å². The first-order valence-corrected chi connectivity index (χ1v) is 12.7. The number of hydrogen-bond donors (Lipinski definition) is 0. The number of carbonyl (C=O) groups is 1. The molecule has 2 aromatic heterocycles. The van der Waals surface area contributed by atoms with Crippen molar-refractivity contribution in [2.24, 2.45) is 17.8 Å². The zero-order valence-corrected chi connectivity index (χ0v) is 20.1. The zero-order valence-electron chi connectivity index (χ0n) is 17.7. The van der Waals surface area contributed by atoms with E-state index < -0.39 is 6.36 Å². The molecule has 1 amide bonds. The average molecular weight is 529 g/mol. The number of fused-ring (bicyclic) bond motifs is 1. The molecular formula is C22H20ClF3N4O2S2. The van der Waals surface area contributed by atoms with Crippen LogP contribution in [-0.4, -0.2) is 51.7 Å². The third kappa shape index (κ3) is 5.54. The predicted octanol–water partition coefficient (Wildman–Crippen LogP) is 5.17. The first-order valence-electron chi connectivity index (χ1n) is 10.6. The third-order valence-electron chi connectivity index (χ3n) is 6.23. The Balaban J connectivity index is 1.24. The number of ether oxygens (including phenoxy) is 1. The van der Waals surface area contributed by atoms with Crippen LogP contribution in [0.4, 0.5) is 13.2 Å². The van der Waals surface area contributed by atoms with Crippen LogP contribution in [0.3, 0.4) is 0 Å². The lowest BCUT2D eigenvalue weighted by Gasteiger charge is -2.25. The largest absolute Gasteiger partial charge is 0.573 e. The van der Waals surface area contributed by atoms with E-state index in [1.54, 1.807) is 28.1 Å². The van der Waals surface area contributed by atoms with Crippen LogP contribution in [0.5, 0.6) is 5.75 Å². The fourth-order valence-electron chi connectivity index (χ4n) is 4.73. The Morgan fingerprint density at radius 3 is 2.71 bits per heavy atom. The molecule has 180 valence electrons. The van der Waals surface area contributed by atoms with Crippen LogP contribution in [0, 0.1) is 17.8 Å². The molecule has 2 atom stereocenters. The maximum atomic E-state index is 13.1. The highest BCUT2D eigenvalue weighted by molar-refractivity contribution is 7.15. The lowest BCUT2D eigenvalue weighted by atomic mass is 10.1. The zero-order chi connectivity index (χ0) is 23.9. The molecule has 0 spiro atoms. The van der Waals surface area contributed by atoms with Gasteiger partial charge in [-0.2, -0.15) is 0 Å². The van der Waals surface area contributed by atoms with Crippen molar-refractivity contribution in [3.8, 4) is 5.75 Å². The molecule has 1 aliphatic heterocycles. The number of thiazole rings is 2. The van der Waals surface area contributed by atoms with Gasteiger partial charge >= 0.3 is 6.36 Å². The van der Waals surface area contributed by atoms with Gasteiger partial charge in [0.25, 0.3) is 5.91 Å². The van der Waals surface area contributed by atoms with Crippen molar-refractivity contribution >= 4 is 40.2 Å². The quantitative estimate of drug-likeness (QED) is 0.403. The van der Waals surface area contributed by atoms with Crippen LogP contribution in [0.1, 0.15) is 20.9 Å². The number of halogens is 4. The van der Waals surface area contributed by atoms with E-state index in [-0.39, 0.29) is 18.2 Å². The Morgan fingerprint density at radius 1 is 1.26 bits per heavy atom. The van der Waals surface area contributed by atoms with Gasteiger partial charge in [-0.25, -0.2) is 9.97 Å². The topological polar surface area (TPSA) is 58.6 Å². The molecule has 2 aliphatic rings. The third-order valence-corrected chi connectivity index (χ3v) is 7.91. The number of amides is 1. The van der Waals surface area contributed by atoms with Gasteiger partial charge in [0, 0.05) is 49.2 Å². The van der Waals surface area contributed by atoms with Crippen molar-refractivity contribution in [3.05, 3.63) is 62.0 Å². The minimum absolute atomic E-state index is 0.185. The van der Waals surface area contributed by atoms with Crippen LogP contribution >= 0.6 is 34.3 Å². The van der Waals surface area contributed by atoms with E-state index in [1.807, 2.05) is 0 Å². The van der Waals surface area contributed by atoms with Crippen molar-refractivity contribution in [2.75, 3.05) is 19.6 Å². The van der Waals surface area contributed by atoms with E-state index in [1.165, 1.54) is 40.9 Å². The molecule has 0 N–H and O–H groups in total. The molecule has 6 nitrogen and oxygen atoms in total. The smallest absolute Gasteiger partial charge is 0.406 e. The molecule has 3 heterocycles. The number of alkyl halides is 3. The molecule has 2 unspecified atom stereocenters. The number of hydrogen-bond acceptors (Lipinski definition) is 7. The number of likely N-dealkylation sites (tertiary alicyclic amines) is 1.